The second-order valence-corrected chi connectivity index (χ2v) is 7.63. The van der Waals surface area contributed by atoms with Crippen LogP contribution in [0.3, 0.4) is 0 Å². The van der Waals surface area contributed by atoms with Gasteiger partial charge >= 0.3 is 5.97 Å². The molecule has 3 N–H and O–H groups in total. The molecule has 33 heavy (non-hydrogen) atoms. The van der Waals surface area contributed by atoms with Gasteiger partial charge in [0.15, 0.2) is 6.10 Å². The Balaban J connectivity index is 1.59. The number of hydrogen-bond acceptors (Lipinski definition) is 5. The lowest BCUT2D eigenvalue weighted by Gasteiger charge is -2.12. The van der Waals surface area contributed by atoms with Crippen molar-refractivity contribution < 1.29 is 19.1 Å². The molecule has 1 aromatic heterocycles. The van der Waals surface area contributed by atoms with Gasteiger partial charge in [0.1, 0.15) is 5.15 Å². The molecule has 0 aliphatic carbocycles. The van der Waals surface area contributed by atoms with Crippen molar-refractivity contribution in [1.82, 2.24) is 9.78 Å². The molecular weight excluding hydrogens is 444 g/mol. The zero-order valence-electron chi connectivity index (χ0n) is 18.1. The van der Waals surface area contributed by atoms with Crippen LogP contribution in [0.25, 0.3) is 6.08 Å². The van der Waals surface area contributed by atoms with Gasteiger partial charge in [-0.15, -0.1) is 0 Å². The fraction of sp³-hybridized carbons (Fsp3) is 0.167. The highest BCUT2D eigenvalue weighted by molar-refractivity contribution is 6.31. The van der Waals surface area contributed by atoms with E-state index in [0.717, 1.165) is 5.56 Å². The highest BCUT2D eigenvalue weighted by atomic mass is 35.5. The minimum Gasteiger partial charge on any atom is -0.449 e. The van der Waals surface area contributed by atoms with E-state index in [1.54, 1.807) is 11.6 Å². The topological polar surface area (TPSA) is 116 Å². The van der Waals surface area contributed by atoms with Crippen molar-refractivity contribution in [2.24, 2.45) is 5.73 Å². The van der Waals surface area contributed by atoms with Crippen molar-refractivity contribution in [3.05, 3.63) is 88.2 Å². The number of aromatic nitrogens is 2. The number of nitrogens with one attached hydrogen (secondary N) is 1. The zero-order chi connectivity index (χ0) is 24.0. The summed E-state index contributed by atoms with van der Waals surface area (Å²) in [6.45, 7) is 3.74. The predicted octanol–water partition coefficient (Wildman–Crippen LogP) is 3.58. The van der Waals surface area contributed by atoms with Crippen LogP contribution < -0.4 is 11.1 Å². The number of amides is 2. The molecule has 0 saturated carbocycles. The normalized spacial score (nSPS) is 11.8. The molecule has 2 aromatic carbocycles. The molecule has 0 bridgehead atoms. The molecule has 9 heteroatoms. The minimum atomic E-state index is -1.05. The molecular formula is C24H23ClN4O4. The van der Waals surface area contributed by atoms with E-state index in [1.165, 1.54) is 43.3 Å². The zero-order valence-corrected chi connectivity index (χ0v) is 18.9. The Labute approximate surface area is 196 Å². The molecule has 8 nitrogen and oxygen atoms in total. The van der Waals surface area contributed by atoms with E-state index in [4.69, 9.17) is 22.1 Å². The van der Waals surface area contributed by atoms with Gasteiger partial charge in [-0.05, 0) is 49.8 Å². The van der Waals surface area contributed by atoms with Crippen molar-refractivity contribution in [1.29, 1.82) is 0 Å². The fourth-order valence-corrected chi connectivity index (χ4v) is 3.30. The average Bonchev–Trinajstić information content (AvgIpc) is 3.05. The number of anilines is 1. The maximum atomic E-state index is 12.3. The summed E-state index contributed by atoms with van der Waals surface area (Å²) in [6, 6.07) is 15.8. The number of hydrogen-bond donors (Lipinski definition) is 2. The van der Waals surface area contributed by atoms with Crippen LogP contribution in [0.5, 0.6) is 0 Å². The van der Waals surface area contributed by atoms with E-state index in [2.05, 4.69) is 10.4 Å². The van der Waals surface area contributed by atoms with E-state index in [-0.39, 0.29) is 0 Å². The van der Waals surface area contributed by atoms with Gasteiger partial charge in [-0.2, -0.15) is 5.10 Å². The second kappa shape index (κ2) is 10.6. The SMILES string of the molecule is Cc1nn(Cc2ccccc2)c(Cl)c1/C=C/C(=O)OC(C)C(=O)Nc1ccc(C(N)=O)cc1. The lowest BCUT2D eigenvalue weighted by molar-refractivity contribution is -0.148. The fourth-order valence-electron chi connectivity index (χ4n) is 3.00. The monoisotopic (exact) mass is 466 g/mol. The Bertz CT molecular complexity index is 1190. The first-order valence-electron chi connectivity index (χ1n) is 10.1. The molecule has 1 unspecified atom stereocenters. The summed E-state index contributed by atoms with van der Waals surface area (Å²) in [6.07, 6.45) is 1.67. The predicted molar refractivity (Wildman–Crippen MR) is 126 cm³/mol. The molecule has 2 amide bonds. The lowest BCUT2D eigenvalue weighted by atomic mass is 10.2. The number of benzene rings is 2. The summed E-state index contributed by atoms with van der Waals surface area (Å²) < 4.78 is 6.82. The standard InChI is InChI=1S/C24H23ClN4O4/c1-15-20(22(25)29(28-15)14-17-6-4-3-5-7-17)12-13-21(30)33-16(2)24(32)27-19-10-8-18(9-11-19)23(26)31/h3-13,16H,14H2,1-2H3,(H2,26,31)(H,27,32)/b13-12+. The number of carbonyl (C=O) groups is 3. The van der Waals surface area contributed by atoms with Gasteiger partial charge in [-0.25, -0.2) is 9.48 Å². The van der Waals surface area contributed by atoms with Gasteiger partial charge in [-0.3, -0.25) is 9.59 Å². The van der Waals surface area contributed by atoms with E-state index in [0.29, 0.717) is 34.2 Å². The first-order valence-corrected chi connectivity index (χ1v) is 10.5. The lowest BCUT2D eigenvalue weighted by Crippen LogP contribution is -2.29. The number of esters is 1. The van der Waals surface area contributed by atoms with Crippen molar-refractivity contribution in [3.8, 4) is 0 Å². The highest BCUT2D eigenvalue weighted by Crippen LogP contribution is 2.22. The number of aryl methyl sites for hydroxylation is 1. The maximum Gasteiger partial charge on any atom is 0.331 e. The third-order valence-electron chi connectivity index (χ3n) is 4.77. The summed E-state index contributed by atoms with van der Waals surface area (Å²) in [4.78, 5) is 35.6. The number of nitrogens with two attached hydrogens (primary N) is 1. The molecule has 0 spiro atoms. The Hall–Kier alpha value is -3.91. The van der Waals surface area contributed by atoms with E-state index >= 15 is 0 Å². The van der Waals surface area contributed by atoms with Crippen LogP contribution in [0.1, 0.15) is 34.1 Å². The second-order valence-electron chi connectivity index (χ2n) is 7.28. The van der Waals surface area contributed by atoms with Gasteiger partial charge in [0.25, 0.3) is 5.91 Å². The number of carbonyl (C=O) groups excluding carboxylic acids is 3. The molecule has 1 heterocycles. The third-order valence-corrected chi connectivity index (χ3v) is 5.17. The van der Waals surface area contributed by atoms with Crippen LogP contribution in [0, 0.1) is 6.92 Å². The molecule has 3 aromatic rings. The maximum absolute atomic E-state index is 12.3. The summed E-state index contributed by atoms with van der Waals surface area (Å²) in [5.41, 5.74) is 8.24. The van der Waals surface area contributed by atoms with Crippen molar-refractivity contribution in [2.75, 3.05) is 5.32 Å². The van der Waals surface area contributed by atoms with Crippen LogP contribution in [-0.4, -0.2) is 33.7 Å². The van der Waals surface area contributed by atoms with Crippen LogP contribution in [0.2, 0.25) is 5.15 Å². The van der Waals surface area contributed by atoms with Crippen molar-refractivity contribution in [2.45, 2.75) is 26.5 Å². The van der Waals surface area contributed by atoms with Crippen molar-refractivity contribution >= 4 is 41.1 Å². The van der Waals surface area contributed by atoms with Crippen LogP contribution in [-0.2, 0) is 20.9 Å². The van der Waals surface area contributed by atoms with Gasteiger partial charge in [-0.1, -0.05) is 41.9 Å². The number of halogens is 1. The summed E-state index contributed by atoms with van der Waals surface area (Å²) in [5.74, 6) is -1.79. The van der Waals surface area contributed by atoms with Gasteiger partial charge in [0.2, 0.25) is 5.91 Å². The number of nitrogens with zero attached hydrogens (tertiary/aromatic N) is 2. The number of ether oxygens (including phenoxy) is 1. The molecule has 0 fully saturated rings. The Morgan fingerprint density at radius 3 is 2.45 bits per heavy atom. The molecule has 0 aliphatic rings. The Kier molecular flexibility index (Phi) is 7.63. The minimum absolute atomic E-state index is 0.318. The quantitative estimate of drug-likeness (QED) is 0.389. The van der Waals surface area contributed by atoms with Crippen LogP contribution in [0.4, 0.5) is 5.69 Å². The third kappa shape index (κ3) is 6.30. The Morgan fingerprint density at radius 2 is 1.82 bits per heavy atom. The van der Waals surface area contributed by atoms with Gasteiger partial charge < -0.3 is 15.8 Å². The first-order chi connectivity index (χ1) is 15.7. The number of primary amides is 1. The molecule has 170 valence electrons. The van der Waals surface area contributed by atoms with Gasteiger partial charge in [0.05, 0.1) is 12.2 Å². The molecule has 1 atom stereocenters. The Morgan fingerprint density at radius 1 is 1.15 bits per heavy atom. The van der Waals surface area contributed by atoms with Gasteiger partial charge in [0, 0.05) is 22.9 Å². The first kappa shape index (κ1) is 23.7. The molecule has 0 aliphatic heterocycles. The van der Waals surface area contributed by atoms with E-state index < -0.39 is 23.9 Å². The van der Waals surface area contributed by atoms with E-state index in [9.17, 15) is 14.4 Å². The van der Waals surface area contributed by atoms with E-state index in [1.807, 2.05) is 30.3 Å². The van der Waals surface area contributed by atoms with Crippen molar-refractivity contribution in [3.63, 3.8) is 0 Å². The molecule has 3 rings (SSSR count). The summed E-state index contributed by atoms with van der Waals surface area (Å²) in [7, 11) is 0. The summed E-state index contributed by atoms with van der Waals surface area (Å²) >= 11 is 6.44. The molecule has 0 saturated heterocycles. The molecule has 0 radical (unpaired) electrons. The summed E-state index contributed by atoms with van der Waals surface area (Å²) in [5, 5.41) is 7.42. The van der Waals surface area contributed by atoms with Crippen LogP contribution >= 0.6 is 11.6 Å². The van der Waals surface area contributed by atoms with Crippen LogP contribution in [0.15, 0.2) is 60.7 Å². The largest absolute Gasteiger partial charge is 0.449 e. The highest BCUT2D eigenvalue weighted by Gasteiger charge is 2.18. The average molecular weight is 467 g/mol. The smallest absolute Gasteiger partial charge is 0.331 e. The number of rotatable bonds is 8.